The molecular weight excluding hydrogens is 386 g/mol. The molecule has 7 nitrogen and oxygen atoms in total. The van der Waals surface area contributed by atoms with Crippen molar-refractivity contribution in [2.45, 2.75) is 40.3 Å². The fourth-order valence-corrected chi connectivity index (χ4v) is 2.93. The number of nitrogens with zero attached hydrogens (tertiary/aromatic N) is 5. The third kappa shape index (κ3) is 3.80. The molecule has 1 unspecified atom stereocenters. The highest BCUT2D eigenvalue weighted by atomic mass is 79.9. The first-order valence-electron chi connectivity index (χ1n) is 7.95. The number of ether oxygens (including phenoxy) is 1. The van der Waals surface area contributed by atoms with E-state index in [-0.39, 0.29) is 11.3 Å². The number of aliphatic hydroxyl groups excluding tert-OH is 1. The van der Waals surface area contributed by atoms with Crippen LogP contribution in [0.1, 0.15) is 39.5 Å². The van der Waals surface area contributed by atoms with Crippen LogP contribution < -0.4 is 4.74 Å². The maximum absolute atomic E-state index is 9.82. The van der Waals surface area contributed by atoms with Crippen molar-refractivity contribution in [3.63, 3.8) is 0 Å². The second kappa shape index (κ2) is 6.68. The molecule has 0 spiro atoms. The second-order valence-corrected chi connectivity index (χ2v) is 7.87. The molecule has 25 heavy (non-hydrogen) atoms. The van der Waals surface area contributed by atoms with Crippen LogP contribution in [0.15, 0.2) is 29.0 Å². The Balaban J connectivity index is 1.98. The van der Waals surface area contributed by atoms with E-state index in [2.05, 4.69) is 57.0 Å². The van der Waals surface area contributed by atoms with Crippen molar-refractivity contribution < 1.29 is 9.84 Å². The van der Waals surface area contributed by atoms with Crippen LogP contribution in [0.4, 0.5) is 0 Å². The first-order valence-corrected chi connectivity index (χ1v) is 8.74. The molecular formula is C17H20BrN5O2. The maximum Gasteiger partial charge on any atom is 0.243 e. The van der Waals surface area contributed by atoms with Crippen LogP contribution in [-0.2, 0) is 6.54 Å². The highest BCUT2D eigenvalue weighted by molar-refractivity contribution is 9.10. The minimum absolute atomic E-state index is 0.0913. The predicted molar refractivity (Wildman–Crippen MR) is 97.4 cm³/mol. The van der Waals surface area contributed by atoms with E-state index in [1.54, 1.807) is 6.92 Å². The number of aliphatic hydroxyl groups is 1. The van der Waals surface area contributed by atoms with E-state index < -0.39 is 6.10 Å². The molecule has 1 N–H and O–H groups in total. The molecule has 0 fully saturated rings. The zero-order chi connectivity index (χ0) is 18.2. The van der Waals surface area contributed by atoms with Crippen LogP contribution in [0.3, 0.4) is 0 Å². The van der Waals surface area contributed by atoms with Crippen molar-refractivity contribution in [3.05, 3.63) is 34.7 Å². The van der Waals surface area contributed by atoms with Crippen molar-refractivity contribution in [2.24, 2.45) is 5.41 Å². The van der Waals surface area contributed by atoms with Gasteiger partial charge < -0.3 is 9.84 Å². The van der Waals surface area contributed by atoms with E-state index in [9.17, 15) is 5.11 Å². The van der Waals surface area contributed by atoms with Gasteiger partial charge in [-0.15, -0.1) is 5.10 Å². The highest BCUT2D eigenvalue weighted by Crippen LogP contribution is 2.36. The van der Waals surface area contributed by atoms with Gasteiger partial charge in [0.15, 0.2) is 0 Å². The zero-order valence-electron chi connectivity index (χ0n) is 14.6. The number of hydrogen-bond acceptors (Lipinski definition) is 6. The Labute approximate surface area is 154 Å². The molecule has 0 bridgehead atoms. The Kier molecular flexibility index (Phi) is 4.75. The fourth-order valence-electron chi connectivity index (χ4n) is 2.44. The molecule has 2 aromatic heterocycles. The number of halogens is 1. The summed E-state index contributed by atoms with van der Waals surface area (Å²) in [6.45, 7) is 8.83. The molecule has 0 aliphatic carbocycles. The van der Waals surface area contributed by atoms with E-state index >= 15 is 0 Å². The maximum atomic E-state index is 9.82. The van der Waals surface area contributed by atoms with E-state index in [1.807, 2.05) is 16.8 Å². The second-order valence-electron chi connectivity index (χ2n) is 7.08. The van der Waals surface area contributed by atoms with Gasteiger partial charge in [-0.2, -0.15) is 0 Å². The Bertz CT molecular complexity index is 902. The monoisotopic (exact) mass is 405 g/mol. The van der Waals surface area contributed by atoms with Crippen molar-refractivity contribution in [3.8, 4) is 11.6 Å². The Morgan fingerprint density at radius 3 is 2.64 bits per heavy atom. The quantitative estimate of drug-likeness (QED) is 0.708. The zero-order valence-corrected chi connectivity index (χ0v) is 16.1. The van der Waals surface area contributed by atoms with Crippen LogP contribution in [0.2, 0.25) is 0 Å². The first-order chi connectivity index (χ1) is 11.8. The lowest BCUT2D eigenvalue weighted by Gasteiger charge is -2.18. The number of benzene rings is 1. The molecule has 132 valence electrons. The predicted octanol–water partition coefficient (Wildman–Crippen LogP) is 3.88. The van der Waals surface area contributed by atoms with E-state index in [0.717, 1.165) is 12.1 Å². The first kappa shape index (κ1) is 17.8. The van der Waals surface area contributed by atoms with Crippen molar-refractivity contribution in [1.29, 1.82) is 0 Å². The minimum Gasteiger partial charge on any atom is -0.436 e. The number of hydrogen-bond donors (Lipinski definition) is 1. The van der Waals surface area contributed by atoms with E-state index in [4.69, 9.17) is 4.74 Å². The molecule has 0 saturated heterocycles. The van der Waals surface area contributed by atoms with Crippen molar-refractivity contribution in [1.82, 2.24) is 25.0 Å². The minimum atomic E-state index is -0.779. The Morgan fingerprint density at radius 2 is 1.96 bits per heavy atom. The molecule has 3 rings (SSSR count). The average Bonchev–Trinajstić information content (AvgIpc) is 2.92. The third-order valence-electron chi connectivity index (χ3n) is 3.51. The van der Waals surface area contributed by atoms with Gasteiger partial charge in [-0.3, -0.25) is 4.98 Å². The Hall–Kier alpha value is -2.06. The lowest BCUT2D eigenvalue weighted by atomic mass is 9.97. The Morgan fingerprint density at radius 1 is 1.24 bits per heavy atom. The van der Waals surface area contributed by atoms with Gasteiger partial charge in [0.1, 0.15) is 17.0 Å². The van der Waals surface area contributed by atoms with Crippen LogP contribution in [0.25, 0.3) is 11.0 Å². The summed E-state index contributed by atoms with van der Waals surface area (Å²) in [6, 6.07) is 3.75. The SMILES string of the molecule is CC(O)c1nccnc1Oc1ccc2c(nnn2CC(C)(C)C)c1Br. The van der Waals surface area contributed by atoms with Crippen molar-refractivity contribution >= 4 is 27.0 Å². The molecule has 1 atom stereocenters. The topological polar surface area (TPSA) is 86.0 Å². The summed E-state index contributed by atoms with van der Waals surface area (Å²) in [7, 11) is 0. The number of rotatable bonds is 4. The molecule has 0 saturated carbocycles. The van der Waals surface area contributed by atoms with Gasteiger partial charge in [0.25, 0.3) is 0 Å². The summed E-state index contributed by atoms with van der Waals surface area (Å²) in [5, 5.41) is 18.3. The summed E-state index contributed by atoms with van der Waals surface area (Å²) >= 11 is 3.54. The van der Waals surface area contributed by atoms with Gasteiger partial charge in [-0.25, -0.2) is 9.67 Å². The highest BCUT2D eigenvalue weighted by Gasteiger charge is 2.19. The largest absolute Gasteiger partial charge is 0.436 e. The normalized spacial score (nSPS) is 13.2. The third-order valence-corrected chi connectivity index (χ3v) is 4.27. The molecule has 3 aromatic rings. The molecule has 0 aliphatic heterocycles. The van der Waals surface area contributed by atoms with Crippen molar-refractivity contribution in [2.75, 3.05) is 0 Å². The number of fused-ring (bicyclic) bond motifs is 1. The van der Waals surface area contributed by atoms with Crippen LogP contribution in [0, 0.1) is 5.41 Å². The van der Waals surface area contributed by atoms with E-state index in [1.165, 1.54) is 12.4 Å². The lowest BCUT2D eigenvalue weighted by molar-refractivity contribution is 0.189. The standard InChI is InChI=1S/C17H20BrN5O2/c1-10(24)14-16(20-8-7-19-14)25-12-6-5-11-15(13(12)18)21-22-23(11)9-17(2,3)4/h5-8,10,24H,9H2,1-4H3. The molecule has 0 radical (unpaired) electrons. The van der Waals surface area contributed by atoms with Crippen LogP contribution >= 0.6 is 15.9 Å². The molecule has 1 aromatic carbocycles. The lowest BCUT2D eigenvalue weighted by Crippen LogP contribution is -2.16. The fraction of sp³-hybridized carbons (Fsp3) is 0.412. The van der Waals surface area contributed by atoms with Gasteiger partial charge in [-0.05, 0) is 40.4 Å². The van der Waals surface area contributed by atoms with Gasteiger partial charge in [0.05, 0.1) is 16.1 Å². The van der Waals surface area contributed by atoms with E-state index in [0.29, 0.717) is 21.4 Å². The molecule has 0 aliphatic rings. The number of aromatic nitrogens is 5. The van der Waals surface area contributed by atoms with Crippen LogP contribution in [-0.4, -0.2) is 30.1 Å². The molecule has 2 heterocycles. The summed E-state index contributed by atoms with van der Waals surface area (Å²) in [5.41, 5.74) is 2.10. The summed E-state index contributed by atoms with van der Waals surface area (Å²) < 4.78 is 8.43. The average molecular weight is 406 g/mol. The van der Waals surface area contributed by atoms with Crippen LogP contribution in [0.5, 0.6) is 11.6 Å². The molecule has 0 amide bonds. The van der Waals surface area contributed by atoms with Gasteiger partial charge in [0.2, 0.25) is 5.88 Å². The smallest absolute Gasteiger partial charge is 0.243 e. The van der Waals surface area contributed by atoms with Gasteiger partial charge in [-0.1, -0.05) is 26.0 Å². The summed E-state index contributed by atoms with van der Waals surface area (Å²) in [6.07, 6.45) is 2.26. The van der Waals surface area contributed by atoms with Gasteiger partial charge in [0, 0.05) is 18.9 Å². The molecule has 8 heteroatoms. The van der Waals surface area contributed by atoms with Gasteiger partial charge >= 0.3 is 0 Å². The summed E-state index contributed by atoms with van der Waals surface area (Å²) in [5.74, 6) is 0.803. The summed E-state index contributed by atoms with van der Waals surface area (Å²) in [4.78, 5) is 8.29.